The van der Waals surface area contributed by atoms with Crippen molar-refractivity contribution < 1.29 is 18.7 Å². The van der Waals surface area contributed by atoms with E-state index in [-0.39, 0.29) is 28.1 Å². The largest absolute Gasteiger partial charge is 0.495 e. The summed E-state index contributed by atoms with van der Waals surface area (Å²) in [5.74, 6) is -0.0689. The van der Waals surface area contributed by atoms with Crippen molar-refractivity contribution in [3.05, 3.63) is 58.5 Å². The maximum Gasteiger partial charge on any atom is 0.256 e. The molecule has 1 saturated heterocycles. The maximum atomic E-state index is 14.8. The zero-order chi connectivity index (χ0) is 30.1. The van der Waals surface area contributed by atoms with Crippen molar-refractivity contribution in [2.24, 2.45) is 0 Å². The Labute approximate surface area is 252 Å². The van der Waals surface area contributed by atoms with Crippen LogP contribution in [0.3, 0.4) is 0 Å². The lowest BCUT2D eigenvalue weighted by Crippen LogP contribution is -2.41. The third-order valence-electron chi connectivity index (χ3n) is 7.82. The lowest BCUT2D eigenvalue weighted by atomic mass is 10.00. The van der Waals surface area contributed by atoms with E-state index in [4.69, 9.17) is 16.3 Å². The summed E-state index contributed by atoms with van der Waals surface area (Å²) >= 11 is 6.14. The number of nitrogens with one attached hydrogen (secondary N) is 4. The zero-order valence-electron chi connectivity index (χ0n) is 23.9. The topological polar surface area (TPSA) is 128 Å². The fourth-order valence-corrected chi connectivity index (χ4v) is 5.92. The van der Waals surface area contributed by atoms with Crippen molar-refractivity contribution in [1.82, 2.24) is 25.2 Å². The molecule has 13 heteroatoms. The summed E-state index contributed by atoms with van der Waals surface area (Å²) in [7, 11) is 3.02. The standard InChI is InChI=1S/C30H32ClFN8O3/c1-33-29(42)26-20(32)13-18(31)14-22(26)35-28-19-7-8-34-27(19)37-30(38-28)36-21-15-23-17(12-24(21)43-2)6-5-11-40(23)16-25(41)39-9-3-4-10-39/h7-8,12-15H,3-6,9-11,16H2,1-2H3,(H,33,42)(H3,34,35,36,37,38). The highest BCUT2D eigenvalue weighted by atomic mass is 35.5. The number of likely N-dealkylation sites (tertiary alicyclic amines) is 1. The monoisotopic (exact) mass is 606 g/mol. The van der Waals surface area contributed by atoms with Crippen LogP contribution in [-0.2, 0) is 11.2 Å². The average Bonchev–Trinajstić information content (AvgIpc) is 3.70. The van der Waals surface area contributed by atoms with Crippen molar-refractivity contribution in [3.63, 3.8) is 0 Å². The predicted octanol–water partition coefficient (Wildman–Crippen LogP) is 4.98. The molecular weight excluding hydrogens is 575 g/mol. The van der Waals surface area contributed by atoms with Crippen LogP contribution in [0.15, 0.2) is 36.5 Å². The summed E-state index contributed by atoms with van der Waals surface area (Å²) in [6, 6.07) is 8.28. The van der Waals surface area contributed by atoms with Gasteiger partial charge in [0, 0.05) is 43.6 Å². The number of halogens is 2. The van der Waals surface area contributed by atoms with Crippen LogP contribution < -0.4 is 25.6 Å². The Morgan fingerprint density at radius 1 is 1.07 bits per heavy atom. The summed E-state index contributed by atoms with van der Waals surface area (Å²) in [6.07, 6.45) is 5.63. The van der Waals surface area contributed by atoms with Crippen molar-refractivity contribution >= 4 is 63.3 Å². The molecule has 2 aliphatic rings. The minimum Gasteiger partial charge on any atom is -0.495 e. The molecule has 2 aromatic heterocycles. The van der Waals surface area contributed by atoms with Crippen LogP contribution in [0.25, 0.3) is 11.0 Å². The van der Waals surface area contributed by atoms with Crippen LogP contribution in [0.4, 0.5) is 33.2 Å². The first-order valence-electron chi connectivity index (χ1n) is 14.2. The molecule has 224 valence electrons. The van der Waals surface area contributed by atoms with E-state index >= 15 is 0 Å². The molecule has 2 aromatic carbocycles. The highest BCUT2D eigenvalue weighted by Crippen LogP contribution is 2.38. The number of methoxy groups -OCH3 is 1. The van der Waals surface area contributed by atoms with Crippen LogP contribution >= 0.6 is 11.6 Å². The molecule has 0 bridgehead atoms. The summed E-state index contributed by atoms with van der Waals surface area (Å²) in [5, 5.41) is 9.56. The Balaban J connectivity index is 1.34. The molecule has 0 aliphatic carbocycles. The van der Waals surface area contributed by atoms with Gasteiger partial charge in [-0.15, -0.1) is 0 Å². The molecule has 0 saturated carbocycles. The van der Waals surface area contributed by atoms with E-state index in [1.165, 1.54) is 13.1 Å². The van der Waals surface area contributed by atoms with Crippen LogP contribution in [-0.4, -0.2) is 72.0 Å². The predicted molar refractivity (Wildman–Crippen MR) is 165 cm³/mol. The third kappa shape index (κ3) is 5.74. The van der Waals surface area contributed by atoms with Gasteiger partial charge in [0.05, 0.1) is 36.0 Å². The first-order chi connectivity index (χ1) is 20.8. The van der Waals surface area contributed by atoms with Crippen LogP contribution in [0.5, 0.6) is 5.75 Å². The molecule has 2 amide bonds. The number of H-pyrrole nitrogens is 1. The minimum atomic E-state index is -0.765. The number of hydrogen-bond donors (Lipinski definition) is 4. The minimum absolute atomic E-state index is 0.122. The number of nitrogens with zero attached hydrogens (tertiary/aromatic N) is 4. The first-order valence-corrected chi connectivity index (χ1v) is 14.6. The molecule has 43 heavy (non-hydrogen) atoms. The second-order valence-corrected chi connectivity index (χ2v) is 11.0. The van der Waals surface area contributed by atoms with Crippen molar-refractivity contribution in [3.8, 4) is 5.75 Å². The lowest BCUT2D eigenvalue weighted by Gasteiger charge is -2.33. The van der Waals surface area contributed by atoms with E-state index in [2.05, 4.69) is 35.8 Å². The number of rotatable bonds is 8. The van der Waals surface area contributed by atoms with E-state index in [9.17, 15) is 14.0 Å². The summed E-state index contributed by atoms with van der Waals surface area (Å²) in [5.41, 5.74) is 3.17. The van der Waals surface area contributed by atoms with Gasteiger partial charge in [0.15, 0.2) is 0 Å². The Morgan fingerprint density at radius 2 is 1.88 bits per heavy atom. The molecule has 1 fully saturated rings. The molecule has 0 atom stereocenters. The van der Waals surface area contributed by atoms with Gasteiger partial charge in [0.1, 0.15) is 23.0 Å². The highest BCUT2D eigenvalue weighted by Gasteiger charge is 2.26. The quantitative estimate of drug-likeness (QED) is 0.221. The number of aryl methyl sites for hydroxylation is 1. The molecule has 0 radical (unpaired) electrons. The normalized spacial score (nSPS) is 14.5. The van der Waals surface area contributed by atoms with Gasteiger partial charge in [-0.05, 0) is 61.6 Å². The second-order valence-electron chi connectivity index (χ2n) is 10.6. The molecular formula is C30H32ClFN8O3. The number of hydrogen-bond acceptors (Lipinski definition) is 8. The van der Waals surface area contributed by atoms with Gasteiger partial charge in [-0.2, -0.15) is 9.97 Å². The van der Waals surface area contributed by atoms with Gasteiger partial charge < -0.3 is 35.5 Å². The molecule has 11 nitrogen and oxygen atoms in total. The Morgan fingerprint density at radius 3 is 2.65 bits per heavy atom. The number of anilines is 5. The number of carbonyl (C=O) groups is 2. The van der Waals surface area contributed by atoms with E-state index < -0.39 is 11.7 Å². The fraction of sp³-hybridized carbons (Fsp3) is 0.333. The van der Waals surface area contributed by atoms with Crippen molar-refractivity contribution in [2.75, 3.05) is 55.9 Å². The van der Waals surface area contributed by atoms with Gasteiger partial charge in [-0.3, -0.25) is 9.59 Å². The Hall–Kier alpha value is -4.58. The summed E-state index contributed by atoms with van der Waals surface area (Å²) < 4.78 is 20.5. The van der Waals surface area contributed by atoms with Gasteiger partial charge in [0.25, 0.3) is 5.91 Å². The van der Waals surface area contributed by atoms with Crippen LogP contribution in [0.2, 0.25) is 5.02 Å². The number of benzene rings is 2. The average molecular weight is 607 g/mol. The molecule has 6 rings (SSSR count). The van der Waals surface area contributed by atoms with Crippen molar-refractivity contribution in [1.29, 1.82) is 0 Å². The third-order valence-corrected chi connectivity index (χ3v) is 8.04. The Kier molecular flexibility index (Phi) is 7.94. The van der Waals surface area contributed by atoms with E-state index in [1.54, 1.807) is 19.4 Å². The maximum absolute atomic E-state index is 14.8. The first kappa shape index (κ1) is 28.5. The molecule has 2 aliphatic heterocycles. The van der Waals surface area contributed by atoms with E-state index in [0.29, 0.717) is 34.8 Å². The van der Waals surface area contributed by atoms with Gasteiger partial charge in [-0.25, -0.2) is 4.39 Å². The number of carbonyl (C=O) groups excluding carboxylic acids is 2. The van der Waals surface area contributed by atoms with Crippen molar-refractivity contribution in [2.45, 2.75) is 25.7 Å². The Bertz CT molecular complexity index is 1700. The number of amides is 2. The van der Waals surface area contributed by atoms with E-state index in [0.717, 1.165) is 62.6 Å². The fourth-order valence-electron chi connectivity index (χ4n) is 5.71. The number of ether oxygens (including phenoxy) is 1. The van der Waals surface area contributed by atoms with Crippen LogP contribution in [0, 0.1) is 5.82 Å². The summed E-state index contributed by atoms with van der Waals surface area (Å²) in [4.78, 5) is 41.9. The molecule has 4 N–H and O–H groups in total. The number of aromatic amines is 1. The van der Waals surface area contributed by atoms with Gasteiger partial charge in [-0.1, -0.05) is 11.6 Å². The number of aromatic nitrogens is 3. The number of fused-ring (bicyclic) bond motifs is 2. The molecule has 4 heterocycles. The molecule has 0 spiro atoms. The van der Waals surface area contributed by atoms with E-state index in [1.807, 2.05) is 17.0 Å². The SMILES string of the molecule is CNC(=O)c1c(F)cc(Cl)cc1Nc1nc(Nc2cc3c(cc2OC)CCCN3CC(=O)N2CCCC2)nc2[nH]ccc12. The van der Waals surface area contributed by atoms with Gasteiger partial charge in [0.2, 0.25) is 11.9 Å². The molecule has 0 unspecified atom stereocenters. The van der Waals surface area contributed by atoms with Gasteiger partial charge >= 0.3 is 0 Å². The molecule has 4 aromatic rings. The van der Waals surface area contributed by atoms with Crippen LogP contribution in [0.1, 0.15) is 35.2 Å². The smallest absolute Gasteiger partial charge is 0.256 e. The zero-order valence-corrected chi connectivity index (χ0v) is 24.6. The summed E-state index contributed by atoms with van der Waals surface area (Å²) in [6.45, 7) is 2.73. The highest BCUT2D eigenvalue weighted by molar-refractivity contribution is 6.31. The second kappa shape index (κ2) is 12.0. The lowest BCUT2D eigenvalue weighted by molar-refractivity contribution is -0.128.